The number of nitrogens with one attached hydrogen (secondary N) is 1. The highest BCUT2D eigenvalue weighted by Crippen LogP contribution is 2.29. The summed E-state index contributed by atoms with van der Waals surface area (Å²) in [6.45, 7) is 2.83. The van der Waals surface area contributed by atoms with Crippen molar-refractivity contribution >= 4 is 27.3 Å². The van der Waals surface area contributed by atoms with Gasteiger partial charge >= 0.3 is 0 Å². The highest BCUT2D eigenvalue weighted by atomic mass is 79.9. The van der Waals surface area contributed by atoms with E-state index in [2.05, 4.69) is 21.2 Å². The van der Waals surface area contributed by atoms with E-state index in [9.17, 15) is 10.1 Å². The van der Waals surface area contributed by atoms with Crippen molar-refractivity contribution in [3.8, 4) is 5.75 Å². The SMILES string of the molecule is CCOc1ccc(NCc2ccc(Br)cc2)c([N+](=O)[O-])c1. The first-order valence-corrected chi connectivity index (χ1v) is 7.29. The van der Waals surface area contributed by atoms with Crippen LogP contribution in [0.5, 0.6) is 5.75 Å². The largest absolute Gasteiger partial charge is 0.494 e. The van der Waals surface area contributed by atoms with E-state index < -0.39 is 4.92 Å². The van der Waals surface area contributed by atoms with Crippen LogP contribution >= 0.6 is 15.9 Å². The summed E-state index contributed by atoms with van der Waals surface area (Å²) in [5, 5.41) is 14.2. The molecule has 0 unspecified atom stereocenters. The van der Waals surface area contributed by atoms with Gasteiger partial charge in [-0.3, -0.25) is 10.1 Å². The third kappa shape index (κ3) is 4.19. The highest BCUT2D eigenvalue weighted by Gasteiger charge is 2.14. The van der Waals surface area contributed by atoms with Gasteiger partial charge in [0, 0.05) is 11.0 Å². The van der Waals surface area contributed by atoms with Crippen LogP contribution in [0.1, 0.15) is 12.5 Å². The van der Waals surface area contributed by atoms with Gasteiger partial charge in [-0.15, -0.1) is 0 Å². The Bertz CT molecular complexity index is 629. The average molecular weight is 351 g/mol. The molecule has 5 nitrogen and oxygen atoms in total. The fourth-order valence-electron chi connectivity index (χ4n) is 1.87. The predicted molar refractivity (Wildman–Crippen MR) is 85.7 cm³/mol. The Morgan fingerprint density at radius 2 is 1.95 bits per heavy atom. The summed E-state index contributed by atoms with van der Waals surface area (Å²) < 4.78 is 6.29. The number of nitrogens with zero attached hydrogens (tertiary/aromatic N) is 1. The zero-order valence-electron chi connectivity index (χ0n) is 11.5. The predicted octanol–water partition coefficient (Wildman–Crippen LogP) is 4.37. The molecular formula is C15H15BrN2O3. The normalized spacial score (nSPS) is 10.2. The van der Waals surface area contributed by atoms with E-state index in [1.807, 2.05) is 31.2 Å². The molecule has 2 rings (SSSR count). The monoisotopic (exact) mass is 350 g/mol. The van der Waals surface area contributed by atoms with E-state index in [0.717, 1.165) is 10.0 Å². The molecule has 2 aromatic rings. The van der Waals surface area contributed by atoms with Crippen molar-refractivity contribution in [2.24, 2.45) is 0 Å². The van der Waals surface area contributed by atoms with Crippen LogP contribution in [0, 0.1) is 10.1 Å². The second kappa shape index (κ2) is 7.08. The van der Waals surface area contributed by atoms with Gasteiger partial charge in [0.15, 0.2) is 0 Å². The number of anilines is 1. The summed E-state index contributed by atoms with van der Waals surface area (Å²) in [4.78, 5) is 10.7. The topological polar surface area (TPSA) is 64.4 Å². The molecule has 0 bridgehead atoms. The van der Waals surface area contributed by atoms with Crippen LogP contribution in [0.2, 0.25) is 0 Å². The van der Waals surface area contributed by atoms with Crippen molar-refractivity contribution in [1.29, 1.82) is 0 Å². The lowest BCUT2D eigenvalue weighted by Gasteiger charge is -2.09. The van der Waals surface area contributed by atoms with Crippen molar-refractivity contribution in [2.45, 2.75) is 13.5 Å². The van der Waals surface area contributed by atoms with Crippen molar-refractivity contribution in [3.63, 3.8) is 0 Å². The number of hydrogen-bond donors (Lipinski definition) is 1. The summed E-state index contributed by atoms with van der Waals surface area (Å²) in [6, 6.07) is 12.6. The summed E-state index contributed by atoms with van der Waals surface area (Å²) >= 11 is 3.37. The molecule has 0 atom stereocenters. The van der Waals surface area contributed by atoms with Gasteiger partial charge in [0.25, 0.3) is 5.69 Å². The van der Waals surface area contributed by atoms with Crippen LogP contribution < -0.4 is 10.1 Å². The van der Waals surface area contributed by atoms with Gasteiger partial charge in [0.05, 0.1) is 17.6 Å². The number of nitro benzene ring substituents is 1. The van der Waals surface area contributed by atoms with E-state index in [1.54, 1.807) is 12.1 Å². The molecule has 110 valence electrons. The minimum absolute atomic E-state index is 0.0121. The molecule has 0 heterocycles. The van der Waals surface area contributed by atoms with Gasteiger partial charge in [-0.2, -0.15) is 0 Å². The van der Waals surface area contributed by atoms with Crippen molar-refractivity contribution < 1.29 is 9.66 Å². The maximum absolute atomic E-state index is 11.1. The van der Waals surface area contributed by atoms with Crippen LogP contribution in [0.3, 0.4) is 0 Å². The quantitative estimate of drug-likeness (QED) is 0.620. The first kappa shape index (κ1) is 15.3. The standard InChI is InChI=1S/C15H15BrN2O3/c1-2-21-13-7-8-14(15(9-13)18(19)20)17-10-11-3-5-12(16)6-4-11/h3-9,17H,2,10H2,1H3. The molecule has 6 heteroatoms. The summed E-state index contributed by atoms with van der Waals surface area (Å²) in [6.07, 6.45) is 0. The third-order valence-corrected chi connectivity index (χ3v) is 3.40. The minimum atomic E-state index is -0.410. The van der Waals surface area contributed by atoms with E-state index in [1.165, 1.54) is 6.07 Å². The second-order valence-electron chi connectivity index (χ2n) is 4.35. The molecule has 0 aliphatic rings. The van der Waals surface area contributed by atoms with Gasteiger partial charge in [-0.1, -0.05) is 28.1 Å². The Labute approximate surface area is 131 Å². The number of halogens is 1. The minimum Gasteiger partial charge on any atom is -0.494 e. The molecule has 0 saturated heterocycles. The smallest absolute Gasteiger partial charge is 0.296 e. The first-order chi connectivity index (χ1) is 10.1. The molecule has 0 radical (unpaired) electrons. The van der Waals surface area contributed by atoms with Crippen molar-refractivity contribution in [1.82, 2.24) is 0 Å². The van der Waals surface area contributed by atoms with Crippen LogP contribution in [-0.2, 0) is 6.54 Å². The molecule has 0 aliphatic carbocycles. The first-order valence-electron chi connectivity index (χ1n) is 6.49. The Hall–Kier alpha value is -2.08. The van der Waals surface area contributed by atoms with E-state index in [0.29, 0.717) is 24.6 Å². The molecule has 2 aromatic carbocycles. The fourth-order valence-corrected chi connectivity index (χ4v) is 2.13. The van der Waals surface area contributed by atoms with Gasteiger partial charge in [0.2, 0.25) is 0 Å². The summed E-state index contributed by atoms with van der Waals surface area (Å²) in [5.41, 5.74) is 1.53. The molecule has 0 spiro atoms. The van der Waals surface area contributed by atoms with Gasteiger partial charge in [-0.25, -0.2) is 0 Å². The molecule has 0 aliphatic heterocycles. The molecular weight excluding hydrogens is 336 g/mol. The number of hydrogen-bond acceptors (Lipinski definition) is 4. The molecule has 0 saturated carbocycles. The lowest BCUT2D eigenvalue weighted by atomic mass is 10.2. The summed E-state index contributed by atoms with van der Waals surface area (Å²) in [5.74, 6) is 0.499. The van der Waals surface area contributed by atoms with Gasteiger partial charge < -0.3 is 10.1 Å². The lowest BCUT2D eigenvalue weighted by Crippen LogP contribution is -2.03. The average Bonchev–Trinajstić information content (AvgIpc) is 2.47. The number of rotatable bonds is 6. The van der Waals surface area contributed by atoms with E-state index in [4.69, 9.17) is 4.74 Å². The Kier molecular flexibility index (Phi) is 5.16. The van der Waals surface area contributed by atoms with Crippen LogP contribution in [0.25, 0.3) is 0 Å². The van der Waals surface area contributed by atoms with Crippen LogP contribution in [0.15, 0.2) is 46.9 Å². The Morgan fingerprint density at radius 3 is 2.57 bits per heavy atom. The Morgan fingerprint density at radius 1 is 1.24 bits per heavy atom. The molecule has 0 fully saturated rings. The van der Waals surface area contributed by atoms with Crippen LogP contribution in [-0.4, -0.2) is 11.5 Å². The molecule has 1 N–H and O–H groups in total. The molecule has 0 aromatic heterocycles. The van der Waals surface area contributed by atoms with Gasteiger partial charge in [0.1, 0.15) is 11.4 Å². The number of ether oxygens (including phenoxy) is 1. The van der Waals surface area contributed by atoms with E-state index >= 15 is 0 Å². The van der Waals surface area contributed by atoms with Crippen molar-refractivity contribution in [2.75, 3.05) is 11.9 Å². The third-order valence-electron chi connectivity index (χ3n) is 2.87. The zero-order valence-corrected chi connectivity index (χ0v) is 13.1. The number of nitro groups is 1. The lowest BCUT2D eigenvalue weighted by molar-refractivity contribution is -0.384. The molecule has 21 heavy (non-hydrogen) atoms. The van der Waals surface area contributed by atoms with Gasteiger partial charge in [-0.05, 0) is 36.8 Å². The highest BCUT2D eigenvalue weighted by molar-refractivity contribution is 9.10. The Balaban J connectivity index is 2.15. The van der Waals surface area contributed by atoms with E-state index in [-0.39, 0.29) is 5.69 Å². The zero-order chi connectivity index (χ0) is 15.2. The summed E-state index contributed by atoms with van der Waals surface area (Å²) in [7, 11) is 0. The maximum Gasteiger partial charge on any atom is 0.296 e. The molecule has 0 amide bonds. The number of benzene rings is 2. The van der Waals surface area contributed by atoms with Crippen LogP contribution in [0.4, 0.5) is 11.4 Å². The van der Waals surface area contributed by atoms with Crippen molar-refractivity contribution in [3.05, 3.63) is 62.6 Å². The maximum atomic E-state index is 11.1. The fraction of sp³-hybridized carbons (Fsp3) is 0.200. The second-order valence-corrected chi connectivity index (χ2v) is 5.26.